The van der Waals surface area contributed by atoms with E-state index in [2.05, 4.69) is 0 Å². The first kappa shape index (κ1) is 18.7. The number of aliphatic carboxylic acids is 2. The van der Waals surface area contributed by atoms with Crippen molar-refractivity contribution >= 4 is 11.9 Å². The maximum atomic E-state index is 12.4. The van der Waals surface area contributed by atoms with Gasteiger partial charge in [-0.05, 0) is 44.4 Å². The number of carboxylic acid groups (broad SMARTS) is 2. The molecule has 0 aromatic rings. The fourth-order valence-corrected chi connectivity index (χ4v) is 4.82. The van der Waals surface area contributed by atoms with E-state index in [0.29, 0.717) is 6.42 Å². The van der Waals surface area contributed by atoms with Crippen LogP contribution in [-0.4, -0.2) is 22.2 Å². The minimum absolute atomic E-state index is 0.239. The molecule has 0 aromatic heterocycles. The van der Waals surface area contributed by atoms with Crippen LogP contribution in [0.15, 0.2) is 11.6 Å². The molecule has 22 heavy (non-hydrogen) atoms. The van der Waals surface area contributed by atoms with Gasteiger partial charge in [0.25, 0.3) is 0 Å². The molecule has 4 nitrogen and oxygen atoms in total. The Hall–Kier alpha value is -1.32. The van der Waals surface area contributed by atoms with Crippen LogP contribution < -0.4 is 0 Å². The monoisotopic (exact) mass is 310 g/mol. The summed E-state index contributed by atoms with van der Waals surface area (Å²) in [5.41, 5.74) is -1.47. The van der Waals surface area contributed by atoms with Gasteiger partial charge in [-0.2, -0.15) is 0 Å². The maximum absolute atomic E-state index is 12.4. The molecule has 0 heterocycles. The van der Waals surface area contributed by atoms with E-state index in [-0.39, 0.29) is 17.8 Å². The molecule has 4 heteroatoms. The number of carboxylic acids is 2. The van der Waals surface area contributed by atoms with Crippen LogP contribution in [0.3, 0.4) is 0 Å². The second kappa shape index (κ2) is 6.43. The lowest BCUT2D eigenvalue weighted by Gasteiger charge is -2.56. The predicted molar refractivity (Wildman–Crippen MR) is 86.6 cm³/mol. The van der Waals surface area contributed by atoms with Crippen molar-refractivity contribution in [1.82, 2.24) is 0 Å². The quantitative estimate of drug-likeness (QED) is 0.746. The first-order chi connectivity index (χ1) is 10.0. The molecule has 0 radical (unpaired) electrons. The second-order valence-electron chi connectivity index (χ2n) is 7.50. The molecule has 126 valence electrons. The molecule has 2 N–H and O–H groups in total. The number of hydrogen-bond donors (Lipinski definition) is 2. The van der Waals surface area contributed by atoms with Crippen LogP contribution >= 0.6 is 0 Å². The van der Waals surface area contributed by atoms with Gasteiger partial charge in [0.1, 0.15) is 0 Å². The summed E-state index contributed by atoms with van der Waals surface area (Å²) in [7, 11) is 0. The minimum Gasteiger partial charge on any atom is -0.481 e. The molecule has 1 rings (SSSR count). The van der Waals surface area contributed by atoms with Gasteiger partial charge in [0.05, 0.1) is 10.8 Å². The number of carbonyl (C=O) groups is 2. The Morgan fingerprint density at radius 1 is 1.05 bits per heavy atom. The average molecular weight is 310 g/mol. The summed E-state index contributed by atoms with van der Waals surface area (Å²) >= 11 is 0. The Bertz CT molecular complexity index is 473. The molecule has 0 saturated heterocycles. The van der Waals surface area contributed by atoms with Gasteiger partial charge < -0.3 is 10.2 Å². The summed E-state index contributed by atoms with van der Waals surface area (Å²) in [6, 6.07) is 0. The molecular weight excluding hydrogens is 280 g/mol. The lowest BCUT2D eigenvalue weighted by Crippen LogP contribution is -2.63. The van der Waals surface area contributed by atoms with Crippen LogP contribution in [-0.2, 0) is 9.59 Å². The predicted octanol–water partition coefficient (Wildman–Crippen LogP) is 4.21. The van der Waals surface area contributed by atoms with Crippen LogP contribution in [0.4, 0.5) is 0 Å². The van der Waals surface area contributed by atoms with Crippen molar-refractivity contribution in [2.45, 2.75) is 60.8 Å². The lowest BCUT2D eigenvalue weighted by atomic mass is 9.44. The normalized spacial score (nSPS) is 32.1. The van der Waals surface area contributed by atoms with E-state index in [1.807, 2.05) is 47.6 Å². The van der Waals surface area contributed by atoms with E-state index in [0.717, 1.165) is 18.4 Å². The maximum Gasteiger partial charge on any atom is 0.311 e. The Morgan fingerprint density at radius 2 is 1.59 bits per heavy atom. The Balaban J connectivity index is 3.77. The summed E-state index contributed by atoms with van der Waals surface area (Å²) in [5.74, 6) is -2.69. The van der Waals surface area contributed by atoms with E-state index in [1.54, 1.807) is 0 Å². The van der Waals surface area contributed by atoms with Gasteiger partial charge in [-0.25, -0.2) is 0 Å². The van der Waals surface area contributed by atoms with Crippen molar-refractivity contribution < 1.29 is 19.8 Å². The van der Waals surface area contributed by atoms with Gasteiger partial charge in [0, 0.05) is 0 Å². The summed E-state index contributed by atoms with van der Waals surface area (Å²) in [6.45, 7) is 11.3. The molecule has 0 spiro atoms. The van der Waals surface area contributed by atoms with Crippen LogP contribution in [0.5, 0.6) is 0 Å². The van der Waals surface area contributed by atoms with Gasteiger partial charge in [0.15, 0.2) is 0 Å². The van der Waals surface area contributed by atoms with E-state index >= 15 is 0 Å². The zero-order valence-corrected chi connectivity index (χ0v) is 14.6. The lowest BCUT2D eigenvalue weighted by molar-refractivity contribution is -0.199. The van der Waals surface area contributed by atoms with Crippen molar-refractivity contribution in [2.24, 2.45) is 28.6 Å². The average Bonchev–Trinajstić information content (AvgIpc) is 2.35. The van der Waals surface area contributed by atoms with E-state index < -0.39 is 22.8 Å². The molecule has 0 aromatic carbocycles. The van der Waals surface area contributed by atoms with E-state index in [9.17, 15) is 19.8 Å². The smallest absolute Gasteiger partial charge is 0.311 e. The standard InChI is InChI=1S/C18H30O4/c1-11(2)10-14-8-7-9-17(12(3)4,15(19)20)18(14,13(5)6)16(21)22/h10,12-14H,7-9H2,1-6H3,(H,19,20)(H,21,22). The molecule has 3 atom stereocenters. The minimum atomic E-state index is -1.28. The third kappa shape index (κ3) is 2.46. The topological polar surface area (TPSA) is 74.6 Å². The van der Waals surface area contributed by atoms with Gasteiger partial charge in [-0.1, -0.05) is 45.8 Å². The summed E-state index contributed by atoms with van der Waals surface area (Å²) < 4.78 is 0. The van der Waals surface area contributed by atoms with Crippen LogP contribution in [0.2, 0.25) is 0 Å². The fourth-order valence-electron chi connectivity index (χ4n) is 4.82. The third-order valence-electron chi connectivity index (χ3n) is 5.58. The highest BCUT2D eigenvalue weighted by Crippen LogP contribution is 2.62. The first-order valence-corrected chi connectivity index (χ1v) is 8.16. The molecule has 1 fully saturated rings. The van der Waals surface area contributed by atoms with Gasteiger partial charge in [-0.15, -0.1) is 0 Å². The van der Waals surface area contributed by atoms with E-state index in [1.165, 1.54) is 0 Å². The van der Waals surface area contributed by atoms with Crippen LogP contribution in [0.25, 0.3) is 0 Å². The largest absolute Gasteiger partial charge is 0.481 e. The molecular formula is C18H30O4. The van der Waals surface area contributed by atoms with Gasteiger partial charge in [-0.3, -0.25) is 9.59 Å². The zero-order chi connectivity index (χ0) is 17.3. The number of rotatable bonds is 5. The molecule has 0 bridgehead atoms. The van der Waals surface area contributed by atoms with Gasteiger partial charge in [0.2, 0.25) is 0 Å². The summed E-state index contributed by atoms with van der Waals surface area (Å²) in [4.78, 5) is 24.7. The van der Waals surface area contributed by atoms with Crippen molar-refractivity contribution in [3.8, 4) is 0 Å². The third-order valence-corrected chi connectivity index (χ3v) is 5.58. The summed E-state index contributed by atoms with van der Waals surface area (Å²) in [6.07, 6.45) is 3.89. The first-order valence-electron chi connectivity index (χ1n) is 8.16. The molecule has 3 unspecified atom stereocenters. The highest BCUT2D eigenvalue weighted by Gasteiger charge is 2.68. The molecule has 1 aliphatic rings. The second-order valence-corrected chi connectivity index (χ2v) is 7.50. The molecule has 0 aliphatic heterocycles. The molecule has 1 saturated carbocycles. The molecule has 0 amide bonds. The highest BCUT2D eigenvalue weighted by molar-refractivity contribution is 5.88. The molecule has 1 aliphatic carbocycles. The zero-order valence-electron chi connectivity index (χ0n) is 14.6. The fraction of sp³-hybridized carbons (Fsp3) is 0.778. The number of allylic oxidation sites excluding steroid dienone is 2. The Kier molecular flexibility index (Phi) is 5.47. The summed E-state index contributed by atoms with van der Waals surface area (Å²) in [5, 5.41) is 20.2. The highest BCUT2D eigenvalue weighted by atomic mass is 16.4. The Morgan fingerprint density at radius 3 is 1.91 bits per heavy atom. The van der Waals surface area contributed by atoms with Crippen molar-refractivity contribution in [3.05, 3.63) is 11.6 Å². The SMILES string of the molecule is CC(C)=CC1CCCC(C(=O)O)(C(C)C)C1(C(=O)O)C(C)C. The van der Waals surface area contributed by atoms with Gasteiger partial charge >= 0.3 is 11.9 Å². The van der Waals surface area contributed by atoms with Crippen LogP contribution in [0.1, 0.15) is 60.8 Å². The number of hydrogen-bond acceptors (Lipinski definition) is 2. The Labute approximate surface area is 133 Å². The van der Waals surface area contributed by atoms with Crippen molar-refractivity contribution in [1.29, 1.82) is 0 Å². The van der Waals surface area contributed by atoms with Crippen molar-refractivity contribution in [3.63, 3.8) is 0 Å². The van der Waals surface area contributed by atoms with Crippen molar-refractivity contribution in [2.75, 3.05) is 0 Å². The van der Waals surface area contributed by atoms with Crippen LogP contribution in [0, 0.1) is 28.6 Å². The van der Waals surface area contributed by atoms with E-state index in [4.69, 9.17) is 0 Å².